The van der Waals surface area contributed by atoms with Crippen LogP contribution >= 0.6 is 0 Å². The molecule has 1 amide bonds. The minimum Gasteiger partial charge on any atom is -0.354 e. The Kier molecular flexibility index (Phi) is 5.04. The summed E-state index contributed by atoms with van der Waals surface area (Å²) in [5.41, 5.74) is 3.10. The maximum absolute atomic E-state index is 11.7. The summed E-state index contributed by atoms with van der Waals surface area (Å²) in [7, 11) is 0. The van der Waals surface area contributed by atoms with Crippen molar-refractivity contribution < 1.29 is 4.79 Å². The maximum atomic E-state index is 11.7. The third kappa shape index (κ3) is 4.07. The predicted octanol–water partition coefficient (Wildman–Crippen LogP) is 3.30. The molecule has 21 heavy (non-hydrogen) atoms. The van der Waals surface area contributed by atoms with E-state index in [1.54, 1.807) is 0 Å². The van der Waals surface area contributed by atoms with Gasteiger partial charge in [-0.25, -0.2) is 0 Å². The molecule has 0 radical (unpaired) electrons. The first kappa shape index (κ1) is 16.0. The fraction of sp³-hybridized carbons (Fsp3) is 0.611. The lowest BCUT2D eigenvalue weighted by atomic mass is 9.71. The van der Waals surface area contributed by atoms with E-state index in [2.05, 4.69) is 48.7 Å². The summed E-state index contributed by atoms with van der Waals surface area (Å²) in [5.74, 6) is 0.127. The largest absolute Gasteiger partial charge is 0.354 e. The third-order valence-electron chi connectivity index (χ3n) is 4.32. The van der Waals surface area contributed by atoms with E-state index in [0.29, 0.717) is 12.5 Å². The number of benzene rings is 1. The summed E-state index contributed by atoms with van der Waals surface area (Å²) in [4.78, 5) is 11.7. The van der Waals surface area contributed by atoms with Crippen LogP contribution in [-0.2, 0) is 10.2 Å². The number of amides is 1. The van der Waals surface area contributed by atoms with Gasteiger partial charge in [0, 0.05) is 25.0 Å². The topological polar surface area (TPSA) is 41.1 Å². The summed E-state index contributed by atoms with van der Waals surface area (Å²) < 4.78 is 0. The highest BCUT2D eigenvalue weighted by molar-refractivity contribution is 5.76. The van der Waals surface area contributed by atoms with Gasteiger partial charge in [0.1, 0.15) is 0 Å². The minimum absolute atomic E-state index is 0.127. The zero-order chi connectivity index (χ0) is 15.5. The molecule has 1 atom stereocenters. The monoisotopic (exact) mass is 288 g/mol. The standard InChI is InChI=1S/C18H28N2O/c1-13(2)20-17(21)10-12-19-16-9-11-18(3,4)15-8-6-5-7-14(15)16/h5-8,13,16,19H,9-12H2,1-4H3,(H,20,21). The van der Waals surface area contributed by atoms with Crippen molar-refractivity contribution in [3.05, 3.63) is 35.4 Å². The Morgan fingerprint density at radius 1 is 1.33 bits per heavy atom. The van der Waals surface area contributed by atoms with Crippen molar-refractivity contribution in [2.75, 3.05) is 6.54 Å². The lowest BCUT2D eigenvalue weighted by Gasteiger charge is -2.37. The average Bonchev–Trinajstić information content (AvgIpc) is 2.41. The van der Waals surface area contributed by atoms with Gasteiger partial charge in [-0.15, -0.1) is 0 Å². The number of carbonyl (C=O) groups is 1. The molecule has 0 saturated heterocycles. The van der Waals surface area contributed by atoms with Gasteiger partial charge >= 0.3 is 0 Å². The molecule has 1 aromatic carbocycles. The normalized spacial score (nSPS) is 20.1. The lowest BCUT2D eigenvalue weighted by molar-refractivity contribution is -0.121. The van der Waals surface area contributed by atoms with Crippen LogP contribution in [0.5, 0.6) is 0 Å². The second kappa shape index (κ2) is 6.61. The Morgan fingerprint density at radius 3 is 2.76 bits per heavy atom. The quantitative estimate of drug-likeness (QED) is 0.873. The van der Waals surface area contributed by atoms with Gasteiger partial charge in [-0.3, -0.25) is 4.79 Å². The van der Waals surface area contributed by atoms with Gasteiger partial charge < -0.3 is 10.6 Å². The smallest absolute Gasteiger partial charge is 0.221 e. The molecule has 2 rings (SSSR count). The van der Waals surface area contributed by atoms with Crippen LogP contribution in [0.4, 0.5) is 0 Å². The van der Waals surface area contributed by atoms with Crippen LogP contribution in [0.25, 0.3) is 0 Å². The van der Waals surface area contributed by atoms with Gasteiger partial charge in [0.2, 0.25) is 5.91 Å². The van der Waals surface area contributed by atoms with E-state index in [1.165, 1.54) is 17.5 Å². The van der Waals surface area contributed by atoms with E-state index in [4.69, 9.17) is 0 Å². The second-order valence-electron chi connectivity index (χ2n) is 6.99. The van der Waals surface area contributed by atoms with Crippen LogP contribution in [0.15, 0.2) is 24.3 Å². The highest BCUT2D eigenvalue weighted by Crippen LogP contribution is 2.41. The zero-order valence-electron chi connectivity index (χ0n) is 13.7. The van der Waals surface area contributed by atoms with E-state index >= 15 is 0 Å². The molecule has 0 aromatic heterocycles. The van der Waals surface area contributed by atoms with E-state index in [-0.39, 0.29) is 17.4 Å². The lowest BCUT2D eigenvalue weighted by Crippen LogP contribution is -2.36. The SMILES string of the molecule is CC(C)NC(=O)CCNC1CCC(C)(C)c2ccccc21. The summed E-state index contributed by atoms with van der Waals surface area (Å²) >= 11 is 0. The van der Waals surface area contributed by atoms with Gasteiger partial charge in [0.15, 0.2) is 0 Å². The Labute approximate surface area is 128 Å². The first-order valence-electron chi connectivity index (χ1n) is 8.02. The molecule has 116 valence electrons. The summed E-state index contributed by atoms with van der Waals surface area (Å²) in [6.07, 6.45) is 2.86. The highest BCUT2D eigenvalue weighted by Gasteiger charge is 2.31. The Bertz CT molecular complexity index is 494. The van der Waals surface area contributed by atoms with Gasteiger partial charge in [0.25, 0.3) is 0 Å². The zero-order valence-corrected chi connectivity index (χ0v) is 13.7. The summed E-state index contributed by atoms with van der Waals surface area (Å²) in [6, 6.07) is 9.30. The Hall–Kier alpha value is -1.35. The van der Waals surface area contributed by atoms with Crippen molar-refractivity contribution in [3.8, 4) is 0 Å². The molecule has 0 saturated carbocycles. The number of fused-ring (bicyclic) bond motifs is 1. The van der Waals surface area contributed by atoms with E-state index in [1.807, 2.05) is 13.8 Å². The molecular formula is C18H28N2O. The molecular weight excluding hydrogens is 260 g/mol. The van der Waals surface area contributed by atoms with E-state index < -0.39 is 0 Å². The van der Waals surface area contributed by atoms with E-state index in [0.717, 1.165) is 13.0 Å². The van der Waals surface area contributed by atoms with Crippen molar-refractivity contribution in [1.82, 2.24) is 10.6 Å². The van der Waals surface area contributed by atoms with Crippen molar-refractivity contribution in [3.63, 3.8) is 0 Å². The first-order valence-corrected chi connectivity index (χ1v) is 8.02. The Morgan fingerprint density at radius 2 is 2.05 bits per heavy atom. The first-order chi connectivity index (χ1) is 9.90. The molecule has 0 heterocycles. The second-order valence-corrected chi connectivity index (χ2v) is 6.99. The molecule has 0 spiro atoms. The predicted molar refractivity (Wildman–Crippen MR) is 87.3 cm³/mol. The highest BCUT2D eigenvalue weighted by atomic mass is 16.1. The fourth-order valence-corrected chi connectivity index (χ4v) is 3.18. The molecule has 0 fully saturated rings. The number of rotatable bonds is 5. The maximum Gasteiger partial charge on any atom is 0.221 e. The number of carbonyl (C=O) groups excluding carboxylic acids is 1. The molecule has 1 aliphatic carbocycles. The molecule has 0 bridgehead atoms. The van der Waals surface area contributed by atoms with Crippen LogP contribution in [-0.4, -0.2) is 18.5 Å². The Balaban J connectivity index is 1.95. The number of hydrogen-bond donors (Lipinski definition) is 2. The average molecular weight is 288 g/mol. The van der Waals surface area contributed by atoms with Gasteiger partial charge in [-0.1, -0.05) is 38.1 Å². The van der Waals surface area contributed by atoms with Crippen LogP contribution in [0.1, 0.15) is 64.1 Å². The van der Waals surface area contributed by atoms with Crippen molar-refractivity contribution >= 4 is 5.91 Å². The van der Waals surface area contributed by atoms with Crippen LogP contribution in [0, 0.1) is 0 Å². The molecule has 1 unspecified atom stereocenters. The molecule has 1 aromatic rings. The molecule has 3 nitrogen and oxygen atoms in total. The number of hydrogen-bond acceptors (Lipinski definition) is 2. The van der Waals surface area contributed by atoms with Gasteiger partial charge in [-0.05, 0) is 43.2 Å². The van der Waals surface area contributed by atoms with Crippen LogP contribution < -0.4 is 10.6 Å². The molecule has 0 aliphatic heterocycles. The van der Waals surface area contributed by atoms with Crippen LogP contribution in [0.3, 0.4) is 0 Å². The minimum atomic E-state index is 0.127. The van der Waals surface area contributed by atoms with Gasteiger partial charge in [0.05, 0.1) is 0 Å². The van der Waals surface area contributed by atoms with E-state index in [9.17, 15) is 4.79 Å². The van der Waals surface area contributed by atoms with Gasteiger partial charge in [-0.2, -0.15) is 0 Å². The van der Waals surface area contributed by atoms with Crippen LogP contribution in [0.2, 0.25) is 0 Å². The molecule has 1 aliphatic rings. The summed E-state index contributed by atoms with van der Waals surface area (Å²) in [6.45, 7) is 9.35. The van der Waals surface area contributed by atoms with Crippen molar-refractivity contribution in [1.29, 1.82) is 0 Å². The fourth-order valence-electron chi connectivity index (χ4n) is 3.18. The third-order valence-corrected chi connectivity index (χ3v) is 4.32. The van der Waals surface area contributed by atoms with Crippen molar-refractivity contribution in [2.24, 2.45) is 0 Å². The van der Waals surface area contributed by atoms with Crippen molar-refractivity contribution in [2.45, 2.75) is 64.5 Å². The molecule has 2 N–H and O–H groups in total. The number of nitrogens with one attached hydrogen (secondary N) is 2. The molecule has 3 heteroatoms. The summed E-state index contributed by atoms with van der Waals surface area (Å²) in [5, 5.41) is 6.49.